The van der Waals surface area contributed by atoms with Gasteiger partial charge in [-0.3, -0.25) is 0 Å². The lowest BCUT2D eigenvalue weighted by molar-refractivity contribution is -0.0867. The number of thiazole rings is 1. The molecule has 1 aromatic rings. The molecule has 2 rings (SSSR count). The van der Waals surface area contributed by atoms with Crippen molar-refractivity contribution >= 4 is 17.3 Å². The van der Waals surface area contributed by atoms with Crippen LogP contribution in [-0.4, -0.2) is 22.0 Å². The number of hydrogen-bond donors (Lipinski definition) is 1. The fraction of sp³-hybridized carbons (Fsp3) is 0.556. The Morgan fingerprint density at radius 2 is 2.20 bits per heavy atom. The van der Waals surface area contributed by atoms with Gasteiger partial charge in [-0.15, -0.1) is 11.3 Å². The molecule has 1 aliphatic carbocycles. The van der Waals surface area contributed by atoms with Crippen molar-refractivity contribution in [1.29, 1.82) is 0 Å². The number of rotatable bonds is 2. The second kappa shape index (κ2) is 3.23. The van der Waals surface area contributed by atoms with Gasteiger partial charge in [-0.05, 0) is 6.92 Å². The third-order valence-electron chi connectivity index (χ3n) is 2.45. The van der Waals surface area contributed by atoms with E-state index in [0.29, 0.717) is 10.7 Å². The number of hydrogen-bond acceptors (Lipinski definition) is 3. The van der Waals surface area contributed by atoms with Gasteiger partial charge in [0.25, 0.3) is 0 Å². The first-order valence-electron chi connectivity index (χ1n) is 4.47. The molecule has 1 aliphatic rings. The van der Waals surface area contributed by atoms with Gasteiger partial charge in [0.15, 0.2) is 0 Å². The number of carbonyl (C=O) groups is 1. The SMILES string of the molecule is Cc1nc(C2CC(F)(F)C2)sc1C(=O)O. The van der Waals surface area contributed by atoms with Crippen LogP contribution in [0.1, 0.15) is 39.1 Å². The zero-order valence-corrected chi connectivity index (χ0v) is 8.77. The van der Waals surface area contributed by atoms with E-state index < -0.39 is 11.9 Å². The second-order valence-electron chi connectivity index (χ2n) is 3.73. The Morgan fingerprint density at radius 3 is 2.60 bits per heavy atom. The molecule has 82 valence electrons. The van der Waals surface area contributed by atoms with Crippen molar-refractivity contribution in [2.75, 3.05) is 0 Å². The Balaban J connectivity index is 2.18. The molecular weight excluding hydrogens is 224 g/mol. The topological polar surface area (TPSA) is 50.2 Å². The van der Waals surface area contributed by atoms with E-state index in [2.05, 4.69) is 4.98 Å². The van der Waals surface area contributed by atoms with Crippen LogP contribution in [0.5, 0.6) is 0 Å². The van der Waals surface area contributed by atoms with Crippen LogP contribution >= 0.6 is 11.3 Å². The number of aromatic nitrogens is 1. The largest absolute Gasteiger partial charge is 0.477 e. The van der Waals surface area contributed by atoms with E-state index in [-0.39, 0.29) is 23.6 Å². The number of halogens is 2. The molecule has 15 heavy (non-hydrogen) atoms. The van der Waals surface area contributed by atoms with Gasteiger partial charge in [0.05, 0.1) is 10.7 Å². The van der Waals surface area contributed by atoms with Gasteiger partial charge in [0.1, 0.15) is 4.88 Å². The number of carboxylic acid groups (broad SMARTS) is 1. The van der Waals surface area contributed by atoms with Gasteiger partial charge < -0.3 is 5.11 Å². The first-order valence-corrected chi connectivity index (χ1v) is 5.29. The number of carboxylic acids is 1. The summed E-state index contributed by atoms with van der Waals surface area (Å²) >= 11 is 1.01. The lowest BCUT2D eigenvalue weighted by Gasteiger charge is -2.33. The molecule has 0 bridgehead atoms. The first kappa shape index (κ1) is 10.5. The molecule has 0 radical (unpaired) electrons. The molecule has 1 N–H and O–H groups in total. The summed E-state index contributed by atoms with van der Waals surface area (Å²) in [6.07, 6.45) is -0.419. The summed E-state index contributed by atoms with van der Waals surface area (Å²) in [6, 6.07) is 0. The smallest absolute Gasteiger partial charge is 0.347 e. The van der Waals surface area contributed by atoms with Crippen molar-refractivity contribution in [1.82, 2.24) is 4.98 Å². The van der Waals surface area contributed by atoms with Crippen LogP contribution in [0, 0.1) is 6.92 Å². The average Bonchev–Trinajstić information content (AvgIpc) is 2.42. The van der Waals surface area contributed by atoms with Crippen molar-refractivity contribution in [3.63, 3.8) is 0 Å². The first-order chi connectivity index (χ1) is 6.89. The summed E-state index contributed by atoms with van der Waals surface area (Å²) in [5.74, 6) is -3.90. The molecule has 0 spiro atoms. The van der Waals surface area contributed by atoms with Crippen LogP contribution < -0.4 is 0 Å². The molecule has 0 amide bonds. The van der Waals surface area contributed by atoms with Gasteiger partial charge in [-0.2, -0.15) is 0 Å². The molecule has 1 heterocycles. The predicted octanol–water partition coefficient (Wildman–Crippen LogP) is 2.66. The van der Waals surface area contributed by atoms with E-state index in [1.165, 1.54) is 0 Å². The highest BCUT2D eigenvalue weighted by atomic mass is 32.1. The second-order valence-corrected chi connectivity index (χ2v) is 4.76. The summed E-state index contributed by atoms with van der Waals surface area (Å²) in [5.41, 5.74) is 0.415. The minimum atomic E-state index is -2.59. The van der Waals surface area contributed by atoms with Crippen LogP contribution in [0.4, 0.5) is 8.78 Å². The lowest BCUT2D eigenvalue weighted by Crippen LogP contribution is -2.33. The van der Waals surface area contributed by atoms with Gasteiger partial charge >= 0.3 is 5.97 Å². The molecule has 6 heteroatoms. The van der Waals surface area contributed by atoms with E-state index in [9.17, 15) is 13.6 Å². The monoisotopic (exact) mass is 233 g/mol. The minimum absolute atomic E-state index is 0.153. The number of alkyl halides is 2. The van der Waals surface area contributed by atoms with E-state index in [0.717, 1.165) is 11.3 Å². The highest BCUT2D eigenvalue weighted by Gasteiger charge is 2.47. The van der Waals surface area contributed by atoms with E-state index in [4.69, 9.17) is 5.11 Å². The number of nitrogens with zero attached hydrogens (tertiary/aromatic N) is 1. The molecule has 1 fully saturated rings. The van der Waals surface area contributed by atoms with Crippen LogP contribution in [0.2, 0.25) is 0 Å². The number of aryl methyl sites for hydroxylation is 1. The van der Waals surface area contributed by atoms with Crippen molar-refractivity contribution in [2.45, 2.75) is 31.6 Å². The molecule has 1 aromatic heterocycles. The highest BCUT2D eigenvalue weighted by Crippen LogP contribution is 2.49. The molecule has 1 saturated carbocycles. The van der Waals surface area contributed by atoms with Crippen molar-refractivity contribution in [3.05, 3.63) is 15.6 Å². The van der Waals surface area contributed by atoms with Gasteiger partial charge in [-0.1, -0.05) is 0 Å². The number of aromatic carboxylic acids is 1. The van der Waals surface area contributed by atoms with Crippen LogP contribution in [0.3, 0.4) is 0 Å². The molecule has 3 nitrogen and oxygen atoms in total. The normalized spacial score (nSPS) is 19.9. The minimum Gasteiger partial charge on any atom is -0.477 e. The molecule has 0 aliphatic heterocycles. The summed E-state index contributed by atoms with van der Waals surface area (Å²) < 4.78 is 25.2. The Kier molecular flexibility index (Phi) is 2.26. The standard InChI is InChI=1S/C9H9F2NO2S/c1-4-6(8(13)14)15-7(12-4)5-2-9(10,11)3-5/h5H,2-3H2,1H3,(H,13,14). The van der Waals surface area contributed by atoms with E-state index in [1.54, 1.807) is 6.92 Å². The van der Waals surface area contributed by atoms with Gasteiger partial charge in [-0.25, -0.2) is 18.6 Å². The molecular formula is C9H9F2NO2S. The Morgan fingerprint density at radius 1 is 1.60 bits per heavy atom. The highest BCUT2D eigenvalue weighted by molar-refractivity contribution is 7.13. The van der Waals surface area contributed by atoms with E-state index in [1.807, 2.05) is 0 Å². The zero-order valence-electron chi connectivity index (χ0n) is 7.96. The van der Waals surface area contributed by atoms with Crippen molar-refractivity contribution in [2.24, 2.45) is 0 Å². The van der Waals surface area contributed by atoms with Gasteiger partial charge in [0.2, 0.25) is 5.92 Å². The van der Waals surface area contributed by atoms with Crippen molar-refractivity contribution < 1.29 is 18.7 Å². The fourth-order valence-corrected chi connectivity index (χ4v) is 2.63. The maximum Gasteiger partial charge on any atom is 0.347 e. The van der Waals surface area contributed by atoms with Crippen molar-refractivity contribution in [3.8, 4) is 0 Å². The maximum atomic E-state index is 12.6. The fourth-order valence-electron chi connectivity index (χ4n) is 1.63. The summed E-state index contributed by atoms with van der Waals surface area (Å²) in [4.78, 5) is 14.9. The maximum absolute atomic E-state index is 12.6. The summed E-state index contributed by atoms with van der Waals surface area (Å²) in [5, 5.41) is 9.30. The van der Waals surface area contributed by atoms with E-state index >= 15 is 0 Å². The van der Waals surface area contributed by atoms with Crippen LogP contribution in [0.15, 0.2) is 0 Å². The lowest BCUT2D eigenvalue weighted by atomic mass is 9.82. The quantitative estimate of drug-likeness (QED) is 0.854. The summed E-state index contributed by atoms with van der Waals surface area (Å²) in [7, 11) is 0. The molecule has 0 atom stereocenters. The Hall–Kier alpha value is -1.04. The zero-order chi connectivity index (χ0) is 11.2. The average molecular weight is 233 g/mol. The Labute approximate surface area is 88.8 Å². The predicted molar refractivity (Wildman–Crippen MR) is 50.7 cm³/mol. The molecule has 0 saturated heterocycles. The van der Waals surface area contributed by atoms with Crippen LogP contribution in [-0.2, 0) is 0 Å². The third kappa shape index (κ3) is 1.86. The van der Waals surface area contributed by atoms with Crippen LogP contribution in [0.25, 0.3) is 0 Å². The molecule has 0 unspecified atom stereocenters. The third-order valence-corrected chi connectivity index (χ3v) is 3.75. The Bertz CT molecular complexity index is 408. The van der Waals surface area contributed by atoms with Gasteiger partial charge in [0, 0.05) is 18.8 Å². The summed E-state index contributed by atoms with van der Waals surface area (Å²) in [6.45, 7) is 1.58. The molecule has 0 aromatic carbocycles.